The van der Waals surface area contributed by atoms with Gasteiger partial charge < -0.3 is 0 Å². The highest BCUT2D eigenvalue weighted by atomic mass is 35.5. The Hall–Kier alpha value is -0.710. The molecule has 0 aromatic heterocycles. The molecule has 0 amide bonds. The van der Waals surface area contributed by atoms with Gasteiger partial charge in [0, 0.05) is 5.92 Å². The van der Waals surface area contributed by atoms with Crippen LogP contribution in [0.15, 0.2) is 18.2 Å². The monoisotopic (exact) mass is 245 g/mol. The van der Waals surface area contributed by atoms with Gasteiger partial charge in [-0.1, -0.05) is 23.7 Å². The smallest absolute Gasteiger partial charge is 0.142 e. The van der Waals surface area contributed by atoms with E-state index in [9.17, 15) is 8.78 Å². The first kappa shape index (κ1) is 10.4. The fraction of sp³-hybridized carbons (Fsp3) is 0.455. The van der Waals surface area contributed by atoms with Gasteiger partial charge in [0.05, 0.1) is 11.1 Å². The summed E-state index contributed by atoms with van der Waals surface area (Å²) in [5.74, 6) is -0.477. The van der Waals surface area contributed by atoms with Gasteiger partial charge in [0.15, 0.2) is 0 Å². The summed E-state index contributed by atoms with van der Waals surface area (Å²) >= 11 is 5.89. The van der Waals surface area contributed by atoms with Crippen molar-refractivity contribution in [2.24, 2.45) is 5.92 Å². The first-order valence-electron chi connectivity index (χ1n) is 5.12. The molecule has 0 unspecified atom stereocenters. The summed E-state index contributed by atoms with van der Waals surface area (Å²) in [5, 5.41) is -0.0243. The van der Waals surface area contributed by atoms with Gasteiger partial charge in [0.1, 0.15) is 18.0 Å². The lowest BCUT2D eigenvalue weighted by atomic mass is 9.87. The quantitative estimate of drug-likeness (QED) is 0.865. The van der Waals surface area contributed by atoms with Crippen LogP contribution < -0.4 is 5.48 Å². The molecule has 86 valence electrons. The van der Waals surface area contributed by atoms with Crippen LogP contribution in [0.3, 0.4) is 0 Å². The van der Waals surface area contributed by atoms with Crippen LogP contribution in [-0.4, -0.2) is 12.8 Å². The maximum atomic E-state index is 13.4. The Labute approximate surface area is 96.5 Å². The summed E-state index contributed by atoms with van der Waals surface area (Å²) < 4.78 is 26.7. The third-order valence-electron chi connectivity index (χ3n) is 3.40. The van der Waals surface area contributed by atoms with Crippen LogP contribution >= 0.6 is 11.6 Å². The van der Waals surface area contributed by atoms with Crippen molar-refractivity contribution in [3.63, 3.8) is 0 Å². The normalized spacial score (nSPS) is 36.2. The summed E-state index contributed by atoms with van der Waals surface area (Å²) in [6, 6.07) is 4.44. The van der Waals surface area contributed by atoms with Crippen LogP contribution in [0.5, 0.6) is 0 Å². The molecule has 16 heavy (non-hydrogen) atoms. The van der Waals surface area contributed by atoms with Crippen molar-refractivity contribution in [2.75, 3.05) is 6.67 Å². The number of halogens is 3. The number of nitrogens with one attached hydrogen (secondary N) is 1. The zero-order valence-electron chi connectivity index (χ0n) is 8.34. The molecule has 2 aliphatic rings. The van der Waals surface area contributed by atoms with Crippen LogP contribution in [0, 0.1) is 11.7 Å². The molecule has 3 atom stereocenters. The minimum Gasteiger partial charge on any atom is -0.297 e. The molecule has 2 nitrogen and oxygen atoms in total. The van der Waals surface area contributed by atoms with Gasteiger partial charge >= 0.3 is 0 Å². The van der Waals surface area contributed by atoms with Gasteiger partial charge in [-0.2, -0.15) is 5.48 Å². The van der Waals surface area contributed by atoms with Crippen LogP contribution in [0.4, 0.5) is 8.78 Å². The van der Waals surface area contributed by atoms with Crippen LogP contribution in [0.1, 0.15) is 12.0 Å². The fourth-order valence-corrected chi connectivity index (χ4v) is 2.67. The number of benzene rings is 1. The lowest BCUT2D eigenvalue weighted by Crippen LogP contribution is -2.42. The van der Waals surface area contributed by atoms with Gasteiger partial charge in [0.2, 0.25) is 0 Å². The fourth-order valence-electron chi connectivity index (χ4n) is 2.38. The van der Waals surface area contributed by atoms with Crippen molar-refractivity contribution in [1.82, 2.24) is 5.48 Å². The molecule has 0 radical (unpaired) electrons. The molecule has 3 rings (SSSR count). The highest BCUT2D eigenvalue weighted by Gasteiger charge is 2.61. The second kappa shape index (κ2) is 3.39. The average Bonchev–Trinajstić information content (AvgIpc) is 2.99. The van der Waals surface area contributed by atoms with Gasteiger partial charge in [-0.25, -0.2) is 8.78 Å². The van der Waals surface area contributed by atoms with Crippen molar-refractivity contribution in [3.05, 3.63) is 34.6 Å². The predicted octanol–water partition coefficient (Wildman–Crippen LogP) is 2.57. The third-order valence-corrected chi connectivity index (χ3v) is 3.78. The topological polar surface area (TPSA) is 21.3 Å². The Kier molecular flexibility index (Phi) is 2.21. The van der Waals surface area contributed by atoms with Crippen molar-refractivity contribution in [1.29, 1.82) is 0 Å². The third kappa shape index (κ3) is 1.24. The van der Waals surface area contributed by atoms with E-state index in [-0.39, 0.29) is 17.0 Å². The number of hydrogen-bond donors (Lipinski definition) is 1. The summed E-state index contributed by atoms with van der Waals surface area (Å²) in [4.78, 5) is 5.21. The molecule has 1 heterocycles. The molecule has 1 saturated heterocycles. The maximum absolute atomic E-state index is 13.4. The van der Waals surface area contributed by atoms with E-state index in [4.69, 9.17) is 16.4 Å². The molecular weight excluding hydrogens is 236 g/mol. The Bertz CT molecular complexity index is 442. The average molecular weight is 246 g/mol. The number of rotatable bonds is 2. The number of hydrogen-bond acceptors (Lipinski definition) is 2. The van der Waals surface area contributed by atoms with Gasteiger partial charge in [-0.15, -0.1) is 0 Å². The predicted molar refractivity (Wildman–Crippen MR) is 55.2 cm³/mol. The summed E-state index contributed by atoms with van der Waals surface area (Å²) in [6.07, 6.45) is 0.833. The van der Waals surface area contributed by atoms with Crippen LogP contribution in [0.2, 0.25) is 5.02 Å². The van der Waals surface area contributed by atoms with E-state index in [0.29, 0.717) is 5.56 Å². The molecule has 0 bridgehead atoms. The van der Waals surface area contributed by atoms with Crippen molar-refractivity contribution < 1.29 is 13.6 Å². The van der Waals surface area contributed by atoms with E-state index in [0.717, 1.165) is 6.42 Å². The van der Waals surface area contributed by atoms with Gasteiger partial charge in [-0.05, 0) is 18.1 Å². The molecule has 1 aromatic carbocycles. The lowest BCUT2D eigenvalue weighted by molar-refractivity contribution is 0.00838. The lowest BCUT2D eigenvalue weighted by Gasteiger charge is -2.28. The molecule has 1 N–H and O–H groups in total. The van der Waals surface area contributed by atoms with Crippen molar-refractivity contribution >= 4 is 11.6 Å². The van der Waals surface area contributed by atoms with E-state index in [2.05, 4.69) is 5.48 Å². The summed E-state index contributed by atoms with van der Waals surface area (Å²) in [5.41, 5.74) is 2.16. The van der Waals surface area contributed by atoms with E-state index in [1.807, 2.05) is 0 Å². The zero-order chi connectivity index (χ0) is 11.3. The largest absolute Gasteiger partial charge is 0.297 e. The Balaban J connectivity index is 2.10. The molecule has 1 saturated carbocycles. The molecule has 1 aromatic rings. The number of fused-ring (bicyclic) bond motifs is 1. The molecule has 1 aliphatic carbocycles. The summed E-state index contributed by atoms with van der Waals surface area (Å²) in [6.45, 7) is -0.655. The molecule has 0 spiro atoms. The molecular formula is C11H10ClF2NO. The Morgan fingerprint density at radius 1 is 1.56 bits per heavy atom. The van der Waals surface area contributed by atoms with E-state index in [1.165, 1.54) is 12.1 Å². The van der Waals surface area contributed by atoms with Crippen LogP contribution in [-0.2, 0) is 10.4 Å². The first-order valence-corrected chi connectivity index (χ1v) is 5.50. The maximum Gasteiger partial charge on any atom is 0.142 e. The summed E-state index contributed by atoms with van der Waals surface area (Å²) in [7, 11) is 0. The second-order valence-corrected chi connectivity index (χ2v) is 4.68. The first-order chi connectivity index (χ1) is 7.69. The minimum absolute atomic E-state index is 0.0243. The number of hydroxylamine groups is 1. The van der Waals surface area contributed by atoms with Crippen molar-refractivity contribution in [3.8, 4) is 0 Å². The highest BCUT2D eigenvalue weighted by Crippen LogP contribution is 2.54. The van der Waals surface area contributed by atoms with Gasteiger partial charge in [0.25, 0.3) is 0 Å². The highest BCUT2D eigenvalue weighted by molar-refractivity contribution is 6.31. The SMILES string of the molecule is FC[C@]1(c2cccc(F)c2Cl)NO[C@@H]2C[C@@H]21. The molecule has 5 heteroatoms. The van der Waals surface area contributed by atoms with E-state index in [1.54, 1.807) is 6.07 Å². The van der Waals surface area contributed by atoms with Crippen molar-refractivity contribution in [2.45, 2.75) is 18.1 Å². The van der Waals surface area contributed by atoms with Gasteiger partial charge in [-0.3, -0.25) is 4.84 Å². The van der Waals surface area contributed by atoms with Crippen LogP contribution in [0.25, 0.3) is 0 Å². The Morgan fingerprint density at radius 3 is 2.94 bits per heavy atom. The molecule has 1 aliphatic heterocycles. The zero-order valence-corrected chi connectivity index (χ0v) is 9.10. The van der Waals surface area contributed by atoms with E-state index >= 15 is 0 Å². The van der Waals surface area contributed by atoms with E-state index < -0.39 is 18.0 Å². The molecule has 2 fully saturated rings. The Morgan fingerprint density at radius 2 is 2.38 bits per heavy atom. The standard InChI is InChI=1S/C11H10ClF2NO/c12-10-6(2-1-3-8(10)14)11(5-13)7-4-9(7)16-15-11/h1-3,7,9,15H,4-5H2/t7-,9+,11+/m0/s1. The minimum atomic E-state index is -0.968. The number of alkyl halides is 1. The second-order valence-electron chi connectivity index (χ2n) is 4.31.